The van der Waals surface area contributed by atoms with Crippen molar-refractivity contribution in [3.05, 3.63) is 40.9 Å². The molecule has 3 fully saturated rings. The van der Waals surface area contributed by atoms with Gasteiger partial charge in [0.05, 0.1) is 11.1 Å². The van der Waals surface area contributed by atoms with Crippen LogP contribution >= 0.6 is 23.1 Å². The summed E-state index contributed by atoms with van der Waals surface area (Å²) in [7, 11) is 0. The van der Waals surface area contributed by atoms with Gasteiger partial charge in [-0.3, -0.25) is 14.5 Å². The number of amides is 1. The first-order valence-corrected chi connectivity index (χ1v) is 10.9. The third kappa shape index (κ3) is 3.95. The van der Waals surface area contributed by atoms with Gasteiger partial charge in [-0.05, 0) is 63.0 Å². The number of aromatic nitrogens is 1. The molecule has 3 aliphatic heterocycles. The summed E-state index contributed by atoms with van der Waals surface area (Å²) in [5.74, 6) is 0.641. The number of Topliss-reactive ketones (excluding diaryl/α,β-unsaturated/α-hetero) is 1. The van der Waals surface area contributed by atoms with Crippen molar-refractivity contribution in [2.45, 2.75) is 48.0 Å². The predicted molar refractivity (Wildman–Crippen MR) is 108 cm³/mol. The molecule has 0 saturated carbocycles. The molecule has 1 amide bonds. The minimum absolute atomic E-state index is 0.00487. The highest BCUT2D eigenvalue weighted by molar-refractivity contribution is 8.01. The molecule has 1 aromatic carbocycles. The van der Waals surface area contributed by atoms with E-state index in [1.54, 1.807) is 13.1 Å². The van der Waals surface area contributed by atoms with Gasteiger partial charge in [-0.15, -0.1) is 11.3 Å². The average Bonchev–Trinajstić information content (AvgIpc) is 3.14. The molecular weight excluding hydrogens is 378 g/mol. The SMILES string of the molecule is CC(=O)c1cnc(Sc2ccc(C(=O)NC3C4CCN(CC4)C3C)cc2)s1. The third-order valence-corrected chi connectivity index (χ3v) is 7.81. The standard InChI is InChI=1S/C20H23N3O2S2/c1-12-18(14-7-9-23(12)10-8-14)22-19(25)15-3-5-16(6-4-15)26-20-21-11-17(27-20)13(2)24/h3-6,11-12,14,18H,7-10H2,1-2H3,(H,22,25). The van der Waals surface area contributed by atoms with E-state index in [-0.39, 0.29) is 17.7 Å². The fraction of sp³-hybridized carbons (Fsp3) is 0.450. The van der Waals surface area contributed by atoms with Crippen molar-refractivity contribution >= 4 is 34.8 Å². The highest BCUT2D eigenvalue weighted by atomic mass is 32.2. The van der Waals surface area contributed by atoms with Crippen molar-refractivity contribution in [3.63, 3.8) is 0 Å². The lowest BCUT2D eigenvalue weighted by atomic mass is 9.79. The van der Waals surface area contributed by atoms with E-state index in [0.29, 0.717) is 22.4 Å². The zero-order valence-corrected chi connectivity index (χ0v) is 17.1. The smallest absolute Gasteiger partial charge is 0.251 e. The van der Waals surface area contributed by atoms with Crippen LogP contribution < -0.4 is 5.32 Å². The second-order valence-corrected chi connectivity index (χ2v) is 9.64. The van der Waals surface area contributed by atoms with Crippen molar-refractivity contribution in [1.82, 2.24) is 15.2 Å². The normalized spacial score (nSPS) is 26.7. The number of thiazole rings is 1. The van der Waals surface area contributed by atoms with Crippen LogP contribution in [-0.4, -0.2) is 46.7 Å². The maximum atomic E-state index is 12.7. The summed E-state index contributed by atoms with van der Waals surface area (Å²) in [5.41, 5.74) is 0.687. The molecule has 4 heterocycles. The maximum absolute atomic E-state index is 12.7. The monoisotopic (exact) mass is 401 g/mol. The quantitative estimate of drug-likeness (QED) is 0.774. The molecule has 3 saturated heterocycles. The molecule has 0 radical (unpaired) electrons. The number of benzene rings is 1. The molecule has 2 aromatic rings. The van der Waals surface area contributed by atoms with Crippen LogP contribution in [0.5, 0.6) is 0 Å². The van der Waals surface area contributed by atoms with Crippen molar-refractivity contribution in [1.29, 1.82) is 0 Å². The number of ketones is 1. The van der Waals surface area contributed by atoms with Crippen LogP contribution in [0.1, 0.15) is 46.7 Å². The molecule has 2 bridgehead atoms. The van der Waals surface area contributed by atoms with E-state index in [4.69, 9.17) is 0 Å². The highest BCUT2D eigenvalue weighted by Gasteiger charge is 2.40. The Morgan fingerprint density at radius 1 is 1.22 bits per heavy atom. The first-order valence-electron chi connectivity index (χ1n) is 9.31. The number of carbonyl (C=O) groups is 2. The van der Waals surface area contributed by atoms with Gasteiger partial charge in [-0.2, -0.15) is 0 Å². The minimum atomic E-state index is 0.00487. The number of fused-ring (bicyclic) bond motifs is 3. The van der Waals surface area contributed by atoms with Crippen LogP contribution in [0.25, 0.3) is 0 Å². The molecule has 1 aromatic heterocycles. The largest absolute Gasteiger partial charge is 0.347 e. The van der Waals surface area contributed by atoms with Gasteiger partial charge in [0.15, 0.2) is 10.1 Å². The predicted octanol–water partition coefficient (Wildman–Crippen LogP) is 3.71. The van der Waals surface area contributed by atoms with Gasteiger partial charge in [0, 0.05) is 29.5 Å². The summed E-state index contributed by atoms with van der Waals surface area (Å²) in [4.78, 5) is 32.5. The second kappa shape index (κ2) is 7.73. The van der Waals surface area contributed by atoms with Crippen LogP contribution in [0, 0.1) is 5.92 Å². The lowest BCUT2D eigenvalue weighted by Gasteiger charge is -2.49. The number of nitrogens with zero attached hydrogens (tertiary/aromatic N) is 2. The van der Waals surface area contributed by atoms with Gasteiger partial charge in [-0.1, -0.05) is 11.8 Å². The first-order chi connectivity index (χ1) is 13.0. The number of hydrogen-bond donors (Lipinski definition) is 1. The Labute approximate surface area is 167 Å². The molecule has 0 aliphatic carbocycles. The molecular formula is C20H23N3O2S2. The number of nitrogens with one attached hydrogen (secondary N) is 1. The van der Waals surface area contributed by atoms with Crippen molar-refractivity contribution in [2.75, 3.05) is 13.1 Å². The van der Waals surface area contributed by atoms with Gasteiger partial charge in [0.25, 0.3) is 5.91 Å². The minimum Gasteiger partial charge on any atom is -0.347 e. The Bertz CT molecular complexity index is 839. The summed E-state index contributed by atoms with van der Waals surface area (Å²) >= 11 is 2.90. The molecule has 7 heteroatoms. The number of carbonyl (C=O) groups excluding carboxylic acids is 2. The van der Waals surface area contributed by atoms with Crippen LogP contribution in [0.2, 0.25) is 0 Å². The number of hydrogen-bond acceptors (Lipinski definition) is 6. The van der Waals surface area contributed by atoms with Gasteiger partial charge in [0.2, 0.25) is 0 Å². The summed E-state index contributed by atoms with van der Waals surface area (Å²) in [6.07, 6.45) is 3.98. The van der Waals surface area contributed by atoms with Gasteiger partial charge < -0.3 is 5.32 Å². The van der Waals surface area contributed by atoms with E-state index in [1.165, 1.54) is 35.9 Å². The van der Waals surface area contributed by atoms with Crippen LogP contribution in [0.3, 0.4) is 0 Å². The van der Waals surface area contributed by atoms with E-state index in [1.807, 2.05) is 24.3 Å². The molecule has 142 valence electrons. The molecule has 5 nitrogen and oxygen atoms in total. The van der Waals surface area contributed by atoms with Crippen molar-refractivity contribution in [3.8, 4) is 0 Å². The Hall–Kier alpha value is -1.70. The molecule has 5 rings (SSSR count). The van der Waals surface area contributed by atoms with Crippen molar-refractivity contribution in [2.24, 2.45) is 5.92 Å². The Balaban J connectivity index is 1.39. The number of piperidine rings is 3. The summed E-state index contributed by atoms with van der Waals surface area (Å²) in [6, 6.07) is 8.26. The van der Waals surface area contributed by atoms with E-state index in [9.17, 15) is 9.59 Å². The van der Waals surface area contributed by atoms with Gasteiger partial charge >= 0.3 is 0 Å². The van der Waals surface area contributed by atoms with E-state index in [0.717, 1.165) is 22.3 Å². The van der Waals surface area contributed by atoms with Crippen LogP contribution in [0.4, 0.5) is 0 Å². The lowest BCUT2D eigenvalue weighted by molar-refractivity contribution is 0.0217. The van der Waals surface area contributed by atoms with Gasteiger partial charge in [0.1, 0.15) is 0 Å². The summed E-state index contributed by atoms with van der Waals surface area (Å²) in [5, 5.41) is 3.27. The second-order valence-electron chi connectivity index (χ2n) is 7.29. The summed E-state index contributed by atoms with van der Waals surface area (Å²) < 4.78 is 0.832. The van der Waals surface area contributed by atoms with Gasteiger partial charge in [-0.25, -0.2) is 4.98 Å². The van der Waals surface area contributed by atoms with E-state index < -0.39 is 0 Å². The van der Waals surface area contributed by atoms with Crippen LogP contribution in [0.15, 0.2) is 39.7 Å². The molecule has 0 spiro atoms. The zero-order chi connectivity index (χ0) is 19.0. The van der Waals surface area contributed by atoms with E-state index >= 15 is 0 Å². The number of rotatable bonds is 5. The van der Waals surface area contributed by atoms with Crippen LogP contribution in [-0.2, 0) is 0 Å². The molecule has 2 atom stereocenters. The molecule has 27 heavy (non-hydrogen) atoms. The fourth-order valence-electron chi connectivity index (χ4n) is 4.02. The first kappa shape index (κ1) is 18.7. The maximum Gasteiger partial charge on any atom is 0.251 e. The fourth-order valence-corrected chi connectivity index (χ4v) is 5.87. The Morgan fingerprint density at radius 2 is 1.93 bits per heavy atom. The highest BCUT2D eigenvalue weighted by Crippen LogP contribution is 2.33. The summed E-state index contributed by atoms with van der Waals surface area (Å²) in [6.45, 7) is 6.09. The topological polar surface area (TPSA) is 62.3 Å². The zero-order valence-electron chi connectivity index (χ0n) is 15.5. The van der Waals surface area contributed by atoms with Crippen molar-refractivity contribution < 1.29 is 9.59 Å². The third-order valence-electron chi connectivity index (χ3n) is 5.63. The Morgan fingerprint density at radius 3 is 2.52 bits per heavy atom. The molecule has 3 aliphatic rings. The van der Waals surface area contributed by atoms with E-state index in [2.05, 4.69) is 22.1 Å². The molecule has 2 unspecified atom stereocenters. The lowest BCUT2D eigenvalue weighted by Crippen LogP contribution is -2.62. The Kier molecular flexibility index (Phi) is 5.34. The average molecular weight is 402 g/mol. The molecule has 1 N–H and O–H groups in total.